The number of rotatable bonds is 4. The Bertz CT molecular complexity index is 583. The molecule has 0 saturated heterocycles. The van der Waals surface area contributed by atoms with Gasteiger partial charge in [0.25, 0.3) is 5.91 Å². The highest BCUT2D eigenvalue weighted by Crippen LogP contribution is 2.16. The van der Waals surface area contributed by atoms with Crippen LogP contribution in [0, 0.1) is 3.57 Å². The van der Waals surface area contributed by atoms with Gasteiger partial charge < -0.3 is 15.5 Å². The molecule has 1 unspecified atom stereocenters. The minimum atomic E-state index is -0.305. The highest BCUT2D eigenvalue weighted by Gasteiger charge is 2.15. The Morgan fingerprint density at radius 3 is 3.05 bits per heavy atom. The molecule has 0 bridgehead atoms. The van der Waals surface area contributed by atoms with Crippen molar-refractivity contribution in [1.29, 1.82) is 0 Å². The average molecular weight is 371 g/mol. The zero-order chi connectivity index (χ0) is 13.8. The van der Waals surface area contributed by atoms with Crippen molar-refractivity contribution in [2.75, 3.05) is 5.32 Å². The van der Waals surface area contributed by atoms with E-state index in [0.717, 1.165) is 9.26 Å². The summed E-state index contributed by atoms with van der Waals surface area (Å²) in [6.07, 6.45) is 2.03. The van der Waals surface area contributed by atoms with Gasteiger partial charge in [-0.1, -0.05) is 13.0 Å². The summed E-state index contributed by atoms with van der Waals surface area (Å²) >= 11 is 2.18. The standard InChI is InChI=1S/C13H14IN3O2/c1-2-10(15)13-17-11(7-19-13)12(18)16-9-5-3-4-8(14)6-9/h3-7,10H,2,15H2,1H3,(H,16,18). The molecule has 1 atom stereocenters. The molecule has 0 fully saturated rings. The van der Waals surface area contributed by atoms with Crippen LogP contribution >= 0.6 is 22.6 Å². The van der Waals surface area contributed by atoms with Crippen molar-refractivity contribution in [3.63, 3.8) is 0 Å². The molecule has 2 rings (SSSR count). The van der Waals surface area contributed by atoms with Gasteiger partial charge in [0.05, 0.1) is 6.04 Å². The summed E-state index contributed by atoms with van der Waals surface area (Å²) in [5.41, 5.74) is 6.75. The zero-order valence-electron chi connectivity index (χ0n) is 10.4. The van der Waals surface area contributed by atoms with E-state index < -0.39 is 0 Å². The second-order valence-corrected chi connectivity index (χ2v) is 5.30. The van der Waals surface area contributed by atoms with Gasteiger partial charge in [-0.25, -0.2) is 4.98 Å². The van der Waals surface area contributed by atoms with Gasteiger partial charge in [0.2, 0.25) is 5.89 Å². The Morgan fingerprint density at radius 1 is 1.58 bits per heavy atom. The van der Waals surface area contributed by atoms with Crippen molar-refractivity contribution in [2.45, 2.75) is 19.4 Å². The molecule has 1 aromatic carbocycles. The SMILES string of the molecule is CCC(N)c1nc(C(=O)Nc2cccc(I)c2)co1. The van der Waals surface area contributed by atoms with E-state index in [4.69, 9.17) is 10.2 Å². The molecule has 6 heteroatoms. The maximum atomic E-state index is 12.0. The second kappa shape index (κ2) is 6.16. The lowest BCUT2D eigenvalue weighted by Gasteiger charge is -2.03. The van der Waals surface area contributed by atoms with E-state index in [9.17, 15) is 4.79 Å². The van der Waals surface area contributed by atoms with Gasteiger partial charge in [0.15, 0.2) is 5.69 Å². The van der Waals surface area contributed by atoms with E-state index >= 15 is 0 Å². The molecule has 19 heavy (non-hydrogen) atoms. The molecule has 1 aromatic heterocycles. The second-order valence-electron chi connectivity index (χ2n) is 4.05. The summed E-state index contributed by atoms with van der Waals surface area (Å²) in [5.74, 6) is 0.0793. The number of benzene rings is 1. The van der Waals surface area contributed by atoms with Gasteiger partial charge in [-0.2, -0.15) is 0 Å². The van der Waals surface area contributed by atoms with Gasteiger partial charge in [0.1, 0.15) is 6.26 Å². The molecule has 2 aromatic rings. The zero-order valence-corrected chi connectivity index (χ0v) is 12.5. The molecule has 0 aliphatic rings. The number of carbonyl (C=O) groups is 1. The number of nitrogens with two attached hydrogens (primary N) is 1. The first-order valence-electron chi connectivity index (χ1n) is 5.88. The largest absolute Gasteiger partial charge is 0.446 e. The molecule has 0 aliphatic carbocycles. The van der Waals surface area contributed by atoms with Crippen LogP contribution in [0.4, 0.5) is 5.69 Å². The van der Waals surface area contributed by atoms with Crippen LogP contribution in [-0.4, -0.2) is 10.9 Å². The van der Waals surface area contributed by atoms with Crippen molar-refractivity contribution in [1.82, 2.24) is 4.98 Å². The third-order valence-electron chi connectivity index (χ3n) is 2.59. The van der Waals surface area contributed by atoms with Gasteiger partial charge in [-0.3, -0.25) is 4.79 Å². The van der Waals surface area contributed by atoms with E-state index in [1.54, 1.807) is 0 Å². The number of hydrogen-bond donors (Lipinski definition) is 2. The van der Waals surface area contributed by atoms with Crippen LogP contribution in [0.3, 0.4) is 0 Å². The first-order chi connectivity index (χ1) is 9.10. The molecule has 3 N–H and O–H groups in total. The first-order valence-corrected chi connectivity index (χ1v) is 6.96. The summed E-state index contributed by atoms with van der Waals surface area (Å²) in [7, 11) is 0. The van der Waals surface area contributed by atoms with Crippen LogP contribution in [0.1, 0.15) is 35.8 Å². The summed E-state index contributed by atoms with van der Waals surface area (Å²) in [6, 6.07) is 7.23. The molecule has 1 heterocycles. The van der Waals surface area contributed by atoms with Gasteiger partial charge in [-0.05, 0) is 47.2 Å². The summed E-state index contributed by atoms with van der Waals surface area (Å²) < 4.78 is 6.25. The van der Waals surface area contributed by atoms with Crippen LogP contribution in [0.15, 0.2) is 34.9 Å². The number of amides is 1. The van der Waals surface area contributed by atoms with Crippen LogP contribution in [0.2, 0.25) is 0 Å². The highest BCUT2D eigenvalue weighted by molar-refractivity contribution is 14.1. The molecule has 100 valence electrons. The van der Waals surface area contributed by atoms with Crippen molar-refractivity contribution >= 4 is 34.2 Å². The normalized spacial score (nSPS) is 12.2. The van der Waals surface area contributed by atoms with Crippen LogP contribution in [0.25, 0.3) is 0 Å². The molecule has 0 radical (unpaired) electrons. The molecular formula is C13H14IN3O2. The number of halogens is 1. The van der Waals surface area contributed by atoms with Crippen molar-refractivity contribution in [3.05, 3.63) is 45.7 Å². The Balaban J connectivity index is 2.10. The number of nitrogens with one attached hydrogen (secondary N) is 1. The smallest absolute Gasteiger partial charge is 0.277 e. The van der Waals surface area contributed by atoms with E-state index in [1.165, 1.54) is 6.26 Å². The minimum absolute atomic E-state index is 0.234. The predicted molar refractivity (Wildman–Crippen MR) is 80.8 cm³/mol. The lowest BCUT2D eigenvalue weighted by atomic mass is 10.2. The number of carbonyl (C=O) groups excluding carboxylic acids is 1. The number of nitrogens with zero attached hydrogens (tertiary/aromatic N) is 1. The monoisotopic (exact) mass is 371 g/mol. The number of aromatic nitrogens is 1. The predicted octanol–water partition coefficient (Wildman–Crippen LogP) is 2.94. The van der Waals surface area contributed by atoms with Gasteiger partial charge in [0, 0.05) is 9.26 Å². The lowest BCUT2D eigenvalue weighted by Crippen LogP contribution is -2.14. The van der Waals surface area contributed by atoms with Crippen LogP contribution < -0.4 is 11.1 Å². The number of anilines is 1. The molecule has 0 aliphatic heterocycles. The lowest BCUT2D eigenvalue weighted by molar-refractivity contribution is 0.102. The van der Waals surface area contributed by atoms with E-state index in [2.05, 4.69) is 32.9 Å². The molecular weight excluding hydrogens is 357 g/mol. The molecule has 5 nitrogen and oxygen atoms in total. The third kappa shape index (κ3) is 3.54. The summed E-state index contributed by atoms with van der Waals surface area (Å²) in [6.45, 7) is 1.93. The average Bonchev–Trinajstić information content (AvgIpc) is 2.87. The Morgan fingerprint density at radius 2 is 2.37 bits per heavy atom. The topological polar surface area (TPSA) is 81.1 Å². The quantitative estimate of drug-likeness (QED) is 0.810. The Labute approximate surface area is 124 Å². The van der Waals surface area contributed by atoms with E-state index in [1.807, 2.05) is 31.2 Å². The third-order valence-corrected chi connectivity index (χ3v) is 3.27. The summed E-state index contributed by atoms with van der Waals surface area (Å²) in [4.78, 5) is 16.1. The Hall–Kier alpha value is -1.41. The fraction of sp³-hybridized carbons (Fsp3) is 0.231. The van der Waals surface area contributed by atoms with Crippen molar-refractivity contribution < 1.29 is 9.21 Å². The van der Waals surface area contributed by atoms with Crippen molar-refractivity contribution in [3.8, 4) is 0 Å². The number of hydrogen-bond acceptors (Lipinski definition) is 4. The Kier molecular flexibility index (Phi) is 4.54. The molecule has 0 saturated carbocycles. The van der Waals surface area contributed by atoms with Crippen LogP contribution in [0.5, 0.6) is 0 Å². The summed E-state index contributed by atoms with van der Waals surface area (Å²) in [5, 5.41) is 2.76. The van der Waals surface area contributed by atoms with Gasteiger partial charge >= 0.3 is 0 Å². The maximum absolute atomic E-state index is 12.0. The van der Waals surface area contributed by atoms with E-state index in [0.29, 0.717) is 12.3 Å². The molecule has 1 amide bonds. The van der Waals surface area contributed by atoms with Crippen molar-refractivity contribution in [2.24, 2.45) is 5.73 Å². The number of oxazole rings is 1. The van der Waals surface area contributed by atoms with Gasteiger partial charge in [-0.15, -0.1) is 0 Å². The minimum Gasteiger partial charge on any atom is -0.446 e. The van der Waals surface area contributed by atoms with E-state index in [-0.39, 0.29) is 17.6 Å². The fourth-order valence-corrected chi connectivity index (χ4v) is 2.04. The fourth-order valence-electron chi connectivity index (χ4n) is 1.50. The molecule has 0 spiro atoms. The maximum Gasteiger partial charge on any atom is 0.277 e. The van der Waals surface area contributed by atoms with Crippen LogP contribution in [-0.2, 0) is 0 Å². The first kappa shape index (κ1) is 14.0. The highest BCUT2D eigenvalue weighted by atomic mass is 127.